The molecule has 15 heavy (non-hydrogen) atoms. The standard InChI is InChI=1S/C10H12N2O3/c1-2-12(10(11)15)8-6-4-3-5-7(8)9(13)14/h3-6H,2H2,1H3,(H2,11,15)(H,13,14). The van der Waals surface area contributed by atoms with Gasteiger partial charge in [0.05, 0.1) is 11.3 Å². The minimum absolute atomic E-state index is 0.0677. The van der Waals surface area contributed by atoms with Gasteiger partial charge in [0.2, 0.25) is 0 Å². The third-order valence-corrected chi connectivity index (χ3v) is 2.01. The van der Waals surface area contributed by atoms with Gasteiger partial charge in [0.15, 0.2) is 0 Å². The molecule has 0 saturated carbocycles. The third-order valence-electron chi connectivity index (χ3n) is 2.01. The molecule has 5 heteroatoms. The first-order valence-corrected chi connectivity index (χ1v) is 4.47. The van der Waals surface area contributed by atoms with Crippen molar-refractivity contribution >= 4 is 17.7 Å². The lowest BCUT2D eigenvalue weighted by Gasteiger charge is -2.19. The Hall–Kier alpha value is -2.04. The van der Waals surface area contributed by atoms with Crippen LogP contribution in [0.1, 0.15) is 17.3 Å². The van der Waals surface area contributed by atoms with Crippen molar-refractivity contribution in [3.05, 3.63) is 29.8 Å². The Morgan fingerprint density at radius 1 is 1.40 bits per heavy atom. The molecule has 0 aliphatic rings. The average molecular weight is 208 g/mol. The van der Waals surface area contributed by atoms with Crippen LogP contribution in [0.15, 0.2) is 24.3 Å². The van der Waals surface area contributed by atoms with Crippen LogP contribution in [0.4, 0.5) is 10.5 Å². The molecule has 0 spiro atoms. The number of primary amides is 1. The van der Waals surface area contributed by atoms with Crippen molar-refractivity contribution in [2.24, 2.45) is 5.73 Å². The van der Waals surface area contributed by atoms with E-state index in [0.29, 0.717) is 12.2 Å². The molecule has 0 unspecified atom stereocenters. The molecule has 0 fully saturated rings. The maximum Gasteiger partial charge on any atom is 0.337 e. The lowest BCUT2D eigenvalue weighted by molar-refractivity contribution is 0.0697. The molecule has 80 valence electrons. The van der Waals surface area contributed by atoms with E-state index in [1.165, 1.54) is 11.0 Å². The SMILES string of the molecule is CCN(C(N)=O)c1ccccc1C(=O)O. The predicted molar refractivity (Wildman–Crippen MR) is 56.0 cm³/mol. The Bertz CT molecular complexity index is 390. The van der Waals surface area contributed by atoms with Crippen LogP contribution >= 0.6 is 0 Å². The second-order valence-electron chi connectivity index (χ2n) is 2.90. The van der Waals surface area contributed by atoms with E-state index in [4.69, 9.17) is 10.8 Å². The van der Waals surface area contributed by atoms with Crippen LogP contribution in [-0.4, -0.2) is 23.7 Å². The van der Waals surface area contributed by atoms with E-state index >= 15 is 0 Å². The average Bonchev–Trinajstić information content (AvgIpc) is 2.18. The summed E-state index contributed by atoms with van der Waals surface area (Å²) in [5.74, 6) is -1.08. The largest absolute Gasteiger partial charge is 0.478 e. The van der Waals surface area contributed by atoms with Crippen LogP contribution in [-0.2, 0) is 0 Å². The van der Waals surface area contributed by atoms with Gasteiger partial charge in [-0.2, -0.15) is 0 Å². The molecule has 3 N–H and O–H groups in total. The number of rotatable bonds is 3. The van der Waals surface area contributed by atoms with Gasteiger partial charge in [-0.15, -0.1) is 0 Å². The molecular weight excluding hydrogens is 196 g/mol. The number of benzene rings is 1. The fourth-order valence-corrected chi connectivity index (χ4v) is 1.33. The summed E-state index contributed by atoms with van der Waals surface area (Å²) in [5, 5.41) is 8.91. The quantitative estimate of drug-likeness (QED) is 0.785. The van der Waals surface area contributed by atoms with E-state index in [2.05, 4.69) is 0 Å². The molecular formula is C10H12N2O3. The number of carboxylic acids is 1. The first-order valence-electron chi connectivity index (χ1n) is 4.47. The lowest BCUT2D eigenvalue weighted by atomic mass is 10.1. The van der Waals surface area contributed by atoms with Gasteiger partial charge in [0, 0.05) is 6.54 Å². The zero-order chi connectivity index (χ0) is 11.4. The van der Waals surface area contributed by atoms with Gasteiger partial charge in [-0.3, -0.25) is 4.90 Å². The molecule has 0 heterocycles. The maximum absolute atomic E-state index is 11.1. The zero-order valence-electron chi connectivity index (χ0n) is 8.30. The van der Waals surface area contributed by atoms with Crippen molar-refractivity contribution in [2.75, 3.05) is 11.4 Å². The van der Waals surface area contributed by atoms with Crippen molar-refractivity contribution < 1.29 is 14.7 Å². The summed E-state index contributed by atoms with van der Waals surface area (Å²) in [7, 11) is 0. The Morgan fingerprint density at radius 3 is 2.47 bits per heavy atom. The summed E-state index contributed by atoms with van der Waals surface area (Å²) in [6.07, 6.45) is 0. The summed E-state index contributed by atoms with van der Waals surface area (Å²) >= 11 is 0. The first kappa shape index (κ1) is 11.0. The number of carbonyl (C=O) groups is 2. The second-order valence-corrected chi connectivity index (χ2v) is 2.90. The van der Waals surface area contributed by atoms with E-state index in [-0.39, 0.29) is 5.56 Å². The molecule has 0 aliphatic carbocycles. The number of amides is 2. The van der Waals surface area contributed by atoms with Crippen LogP contribution in [0.25, 0.3) is 0 Å². The van der Waals surface area contributed by atoms with Crippen molar-refractivity contribution in [2.45, 2.75) is 6.92 Å². The molecule has 0 bridgehead atoms. The number of hydrogen-bond acceptors (Lipinski definition) is 2. The third kappa shape index (κ3) is 2.25. The summed E-state index contributed by atoms with van der Waals surface area (Å²) in [5.41, 5.74) is 5.53. The van der Waals surface area contributed by atoms with Crippen LogP contribution in [0.3, 0.4) is 0 Å². The lowest BCUT2D eigenvalue weighted by Crippen LogP contribution is -2.36. The smallest absolute Gasteiger partial charge is 0.337 e. The summed E-state index contributed by atoms with van der Waals surface area (Å²) in [4.78, 5) is 23.2. The molecule has 1 aromatic carbocycles. The number of carboxylic acid groups (broad SMARTS) is 1. The molecule has 5 nitrogen and oxygen atoms in total. The molecule has 1 aromatic rings. The van der Waals surface area contributed by atoms with Gasteiger partial charge in [0.1, 0.15) is 0 Å². The van der Waals surface area contributed by atoms with Crippen molar-refractivity contribution in [3.8, 4) is 0 Å². The highest BCUT2D eigenvalue weighted by Crippen LogP contribution is 2.19. The summed E-state index contributed by atoms with van der Waals surface area (Å²) in [6.45, 7) is 2.06. The Balaban J connectivity index is 3.22. The monoisotopic (exact) mass is 208 g/mol. The summed E-state index contributed by atoms with van der Waals surface area (Å²) < 4.78 is 0. The summed E-state index contributed by atoms with van der Waals surface area (Å²) in [6, 6.07) is 5.59. The van der Waals surface area contributed by atoms with E-state index in [9.17, 15) is 9.59 Å². The molecule has 0 aromatic heterocycles. The number of carbonyl (C=O) groups excluding carboxylic acids is 1. The van der Waals surface area contributed by atoms with Gasteiger partial charge in [-0.05, 0) is 19.1 Å². The second kappa shape index (κ2) is 4.45. The Kier molecular flexibility index (Phi) is 3.28. The Morgan fingerprint density at radius 2 is 2.00 bits per heavy atom. The molecule has 1 rings (SSSR count). The van der Waals surface area contributed by atoms with Crippen molar-refractivity contribution in [3.63, 3.8) is 0 Å². The van der Waals surface area contributed by atoms with Crippen LogP contribution < -0.4 is 10.6 Å². The molecule has 0 atom stereocenters. The molecule has 0 radical (unpaired) electrons. The molecule has 2 amide bonds. The van der Waals surface area contributed by atoms with Crippen LogP contribution in [0.5, 0.6) is 0 Å². The van der Waals surface area contributed by atoms with E-state index in [1.807, 2.05) is 0 Å². The van der Waals surface area contributed by atoms with E-state index in [0.717, 1.165) is 0 Å². The van der Waals surface area contributed by atoms with Crippen LogP contribution in [0, 0.1) is 0 Å². The van der Waals surface area contributed by atoms with Crippen LogP contribution in [0.2, 0.25) is 0 Å². The first-order chi connectivity index (χ1) is 7.07. The number of aromatic carboxylic acids is 1. The zero-order valence-corrected chi connectivity index (χ0v) is 8.30. The number of urea groups is 1. The van der Waals surface area contributed by atoms with Gasteiger partial charge in [-0.25, -0.2) is 9.59 Å². The van der Waals surface area contributed by atoms with Gasteiger partial charge < -0.3 is 10.8 Å². The predicted octanol–water partition coefficient (Wildman–Crippen LogP) is 1.29. The minimum atomic E-state index is -1.08. The number of anilines is 1. The minimum Gasteiger partial charge on any atom is -0.478 e. The number of nitrogens with zero attached hydrogens (tertiary/aromatic N) is 1. The number of hydrogen-bond donors (Lipinski definition) is 2. The normalized spacial score (nSPS) is 9.67. The maximum atomic E-state index is 11.1. The topological polar surface area (TPSA) is 83.6 Å². The van der Waals surface area contributed by atoms with Gasteiger partial charge in [-0.1, -0.05) is 12.1 Å². The molecule has 0 aliphatic heterocycles. The highest BCUT2D eigenvalue weighted by atomic mass is 16.4. The fraction of sp³-hybridized carbons (Fsp3) is 0.200. The number of para-hydroxylation sites is 1. The van der Waals surface area contributed by atoms with Crippen molar-refractivity contribution in [1.29, 1.82) is 0 Å². The van der Waals surface area contributed by atoms with Gasteiger partial charge >= 0.3 is 12.0 Å². The molecule has 0 saturated heterocycles. The fourth-order valence-electron chi connectivity index (χ4n) is 1.33. The number of nitrogens with two attached hydrogens (primary N) is 1. The van der Waals surface area contributed by atoms with E-state index < -0.39 is 12.0 Å². The van der Waals surface area contributed by atoms with E-state index in [1.54, 1.807) is 25.1 Å². The highest BCUT2D eigenvalue weighted by Gasteiger charge is 2.17. The highest BCUT2D eigenvalue weighted by molar-refractivity contribution is 6.00. The van der Waals surface area contributed by atoms with Gasteiger partial charge in [0.25, 0.3) is 0 Å². The Labute approximate surface area is 87.1 Å². The van der Waals surface area contributed by atoms with Crippen molar-refractivity contribution in [1.82, 2.24) is 0 Å².